The molecule has 13 heteroatoms. The lowest BCUT2D eigenvalue weighted by molar-refractivity contribution is -0.197. The van der Waals surface area contributed by atoms with E-state index in [1.807, 2.05) is 38.1 Å². The maximum Gasteiger partial charge on any atom is 0.416 e. The maximum absolute atomic E-state index is 14.1. The van der Waals surface area contributed by atoms with Crippen molar-refractivity contribution in [3.8, 4) is 0 Å². The second kappa shape index (κ2) is 12.0. The number of hydrogen-bond donors (Lipinski definition) is 4. The third-order valence-electron chi connectivity index (χ3n) is 9.45. The molecule has 0 aromatic heterocycles. The Labute approximate surface area is 252 Å². The quantitative estimate of drug-likeness (QED) is 0.194. The standard InChI is InChI=1S/C31H37F6N5O2/c1-18-26(28(44)41(42-13-3-12-29(18,42)2)17-20-6-4-19(15-38)5-7-20)27(43)40-24-10-9-22(30(32,33)34)14-23(24)21-8-11-25(39-16-21)31(35,36)37/h4-11,14,18,21,25-27,39-40,43H,3,12-13,15-17,38H2,1-2H3. The van der Waals surface area contributed by atoms with Crippen LogP contribution in [-0.2, 0) is 24.1 Å². The number of hydrazine groups is 1. The summed E-state index contributed by atoms with van der Waals surface area (Å²) >= 11 is 0. The molecule has 0 saturated carbocycles. The molecule has 5 N–H and O–H groups in total. The number of fused-ring (bicyclic) bond motifs is 1. The molecule has 0 spiro atoms. The van der Waals surface area contributed by atoms with Gasteiger partial charge in [-0.15, -0.1) is 0 Å². The number of hydrogen-bond acceptors (Lipinski definition) is 6. The van der Waals surface area contributed by atoms with E-state index >= 15 is 0 Å². The molecule has 3 heterocycles. The highest BCUT2D eigenvalue weighted by Gasteiger charge is 2.56. The number of anilines is 1. The molecule has 2 fully saturated rings. The fourth-order valence-electron chi connectivity index (χ4n) is 6.75. The van der Waals surface area contributed by atoms with Crippen molar-refractivity contribution >= 4 is 11.6 Å². The zero-order valence-corrected chi connectivity index (χ0v) is 24.4. The molecule has 240 valence electrons. The van der Waals surface area contributed by atoms with E-state index in [0.717, 1.165) is 48.2 Å². The molecule has 3 aliphatic rings. The molecule has 7 nitrogen and oxygen atoms in total. The fraction of sp³-hybridized carbons (Fsp3) is 0.516. The number of carbonyl (C=O) groups excluding carboxylic acids is 1. The van der Waals surface area contributed by atoms with Gasteiger partial charge in [-0.2, -0.15) is 26.3 Å². The minimum atomic E-state index is -4.69. The van der Waals surface area contributed by atoms with Crippen LogP contribution in [0.25, 0.3) is 0 Å². The zero-order chi connectivity index (χ0) is 32.0. The predicted molar refractivity (Wildman–Crippen MR) is 153 cm³/mol. The largest absolute Gasteiger partial charge is 0.416 e. The fourth-order valence-corrected chi connectivity index (χ4v) is 6.75. The van der Waals surface area contributed by atoms with Gasteiger partial charge in [0, 0.05) is 36.8 Å². The van der Waals surface area contributed by atoms with E-state index < -0.39 is 47.6 Å². The third kappa shape index (κ3) is 6.19. The Morgan fingerprint density at radius 2 is 1.77 bits per heavy atom. The van der Waals surface area contributed by atoms with E-state index in [9.17, 15) is 36.2 Å². The van der Waals surface area contributed by atoms with Crippen LogP contribution >= 0.6 is 0 Å². The highest BCUT2D eigenvalue weighted by atomic mass is 19.4. The van der Waals surface area contributed by atoms with Crippen molar-refractivity contribution in [1.82, 2.24) is 15.3 Å². The van der Waals surface area contributed by atoms with Gasteiger partial charge in [0.05, 0.1) is 18.0 Å². The van der Waals surface area contributed by atoms with Crippen LogP contribution in [0.2, 0.25) is 0 Å². The highest BCUT2D eigenvalue weighted by molar-refractivity contribution is 5.81. The Balaban J connectivity index is 1.45. The van der Waals surface area contributed by atoms with Crippen molar-refractivity contribution in [1.29, 1.82) is 0 Å². The summed E-state index contributed by atoms with van der Waals surface area (Å²) in [4.78, 5) is 14.1. The summed E-state index contributed by atoms with van der Waals surface area (Å²) in [6.45, 7) is 4.96. The van der Waals surface area contributed by atoms with E-state index in [0.29, 0.717) is 13.1 Å². The number of benzene rings is 2. The topological polar surface area (TPSA) is 93.9 Å². The van der Waals surface area contributed by atoms with Crippen LogP contribution in [0.1, 0.15) is 54.9 Å². The van der Waals surface area contributed by atoms with Gasteiger partial charge in [-0.3, -0.25) is 9.80 Å². The van der Waals surface area contributed by atoms with Crippen molar-refractivity contribution in [2.75, 3.05) is 18.4 Å². The number of carbonyl (C=O) groups is 1. The molecule has 0 bridgehead atoms. The molecule has 1 amide bonds. The molecule has 5 rings (SSSR count). The van der Waals surface area contributed by atoms with Gasteiger partial charge in [0.1, 0.15) is 12.3 Å². The summed E-state index contributed by atoms with van der Waals surface area (Å²) in [7, 11) is 0. The van der Waals surface area contributed by atoms with Crippen LogP contribution in [0.4, 0.5) is 32.0 Å². The molecule has 2 aromatic carbocycles. The summed E-state index contributed by atoms with van der Waals surface area (Å²) < 4.78 is 80.6. The Hall–Kier alpha value is -3.13. The lowest BCUT2D eigenvalue weighted by atomic mass is 9.73. The summed E-state index contributed by atoms with van der Waals surface area (Å²) in [5.41, 5.74) is 6.27. The van der Waals surface area contributed by atoms with Gasteiger partial charge in [0.2, 0.25) is 5.91 Å². The molecule has 0 radical (unpaired) electrons. The first-order valence-electron chi connectivity index (χ1n) is 14.6. The van der Waals surface area contributed by atoms with Gasteiger partial charge < -0.3 is 21.5 Å². The number of halogens is 6. The molecule has 2 aromatic rings. The summed E-state index contributed by atoms with van der Waals surface area (Å²) in [6, 6.07) is 8.54. The number of alkyl halides is 6. The number of nitrogens with zero attached hydrogens (tertiary/aromatic N) is 2. The minimum absolute atomic E-state index is 0.0599. The van der Waals surface area contributed by atoms with E-state index in [2.05, 4.69) is 15.6 Å². The molecule has 6 atom stereocenters. The number of amides is 1. The monoisotopic (exact) mass is 625 g/mol. The van der Waals surface area contributed by atoms with Gasteiger partial charge in [-0.1, -0.05) is 43.3 Å². The molecule has 0 aliphatic carbocycles. The highest BCUT2D eigenvalue weighted by Crippen LogP contribution is 2.46. The van der Waals surface area contributed by atoms with Gasteiger partial charge in [-0.25, -0.2) is 5.01 Å². The van der Waals surface area contributed by atoms with E-state index in [1.165, 1.54) is 6.08 Å². The first kappa shape index (κ1) is 32.3. The molecule has 2 saturated heterocycles. The molecule has 3 aliphatic heterocycles. The van der Waals surface area contributed by atoms with Gasteiger partial charge in [0.25, 0.3) is 0 Å². The number of aliphatic hydroxyl groups is 1. The van der Waals surface area contributed by atoms with Crippen molar-refractivity contribution < 1.29 is 36.2 Å². The van der Waals surface area contributed by atoms with Crippen LogP contribution in [0.5, 0.6) is 0 Å². The molecule has 44 heavy (non-hydrogen) atoms. The van der Waals surface area contributed by atoms with Crippen LogP contribution in [-0.4, -0.2) is 58.1 Å². The lowest BCUT2D eigenvalue weighted by Crippen LogP contribution is -2.67. The van der Waals surface area contributed by atoms with Crippen molar-refractivity contribution in [3.05, 3.63) is 76.9 Å². The Morgan fingerprint density at radius 1 is 1.09 bits per heavy atom. The summed E-state index contributed by atoms with van der Waals surface area (Å²) in [5.74, 6) is -2.47. The Morgan fingerprint density at radius 3 is 2.36 bits per heavy atom. The van der Waals surface area contributed by atoms with Crippen LogP contribution < -0.4 is 16.4 Å². The Bertz CT molecular complexity index is 1380. The van der Waals surface area contributed by atoms with E-state index in [4.69, 9.17) is 5.73 Å². The number of rotatable bonds is 7. The van der Waals surface area contributed by atoms with Crippen molar-refractivity contribution in [3.63, 3.8) is 0 Å². The zero-order valence-electron chi connectivity index (χ0n) is 24.4. The SMILES string of the molecule is CC1C(C(O)Nc2ccc(C(F)(F)F)cc2C2C=CC(C(F)(F)F)NC2)C(=O)N(Cc2ccc(CN)cc2)N2CCCC12C. The molecule has 6 unspecified atom stereocenters. The Kier molecular flexibility index (Phi) is 8.80. The first-order chi connectivity index (χ1) is 20.6. The van der Waals surface area contributed by atoms with Crippen molar-refractivity contribution in [2.24, 2.45) is 17.6 Å². The van der Waals surface area contributed by atoms with E-state index in [-0.39, 0.29) is 36.2 Å². The molecular weight excluding hydrogens is 588 g/mol. The maximum atomic E-state index is 14.1. The van der Waals surface area contributed by atoms with Crippen LogP contribution in [0.3, 0.4) is 0 Å². The van der Waals surface area contributed by atoms with E-state index in [1.54, 1.807) is 5.01 Å². The average Bonchev–Trinajstić information content (AvgIpc) is 3.38. The normalized spacial score (nSPS) is 28.7. The van der Waals surface area contributed by atoms with Crippen LogP contribution in [0.15, 0.2) is 54.6 Å². The van der Waals surface area contributed by atoms with Crippen LogP contribution in [0, 0.1) is 11.8 Å². The minimum Gasteiger partial charge on any atom is -0.373 e. The van der Waals surface area contributed by atoms with Crippen molar-refractivity contribution in [2.45, 2.75) is 75.9 Å². The smallest absolute Gasteiger partial charge is 0.373 e. The third-order valence-corrected chi connectivity index (χ3v) is 9.45. The second-order valence-electron chi connectivity index (χ2n) is 12.1. The second-order valence-corrected chi connectivity index (χ2v) is 12.1. The number of nitrogens with one attached hydrogen (secondary N) is 2. The number of aliphatic hydroxyl groups excluding tert-OH is 1. The summed E-state index contributed by atoms with van der Waals surface area (Å²) in [6.07, 6.45) is -7.00. The van der Waals surface area contributed by atoms with Gasteiger partial charge in [0.15, 0.2) is 0 Å². The first-order valence-corrected chi connectivity index (χ1v) is 14.6. The number of nitrogens with two attached hydrogens (primary N) is 1. The lowest BCUT2D eigenvalue weighted by Gasteiger charge is -2.54. The summed E-state index contributed by atoms with van der Waals surface area (Å²) in [5, 5.41) is 20.5. The van der Waals surface area contributed by atoms with Gasteiger partial charge >= 0.3 is 12.4 Å². The van der Waals surface area contributed by atoms with Gasteiger partial charge in [-0.05, 0) is 60.6 Å². The predicted octanol–water partition coefficient (Wildman–Crippen LogP) is 5.13. The molecular formula is C31H37F6N5O2. The average molecular weight is 626 g/mol.